The van der Waals surface area contributed by atoms with Crippen molar-refractivity contribution in [2.24, 2.45) is 10.8 Å². The number of ketones is 2. The molecule has 1 saturated heterocycles. The zero-order valence-corrected chi connectivity index (χ0v) is 28.4. The minimum Gasteiger partial charge on any atom is -0.461 e. The second-order valence-electron chi connectivity index (χ2n) is 14.4. The number of amides is 2. The Balaban J connectivity index is 2.12. The van der Waals surface area contributed by atoms with E-state index in [1.54, 1.807) is 61.2 Å². The van der Waals surface area contributed by atoms with Crippen LogP contribution in [-0.4, -0.2) is 44.4 Å². The van der Waals surface area contributed by atoms with E-state index in [-0.39, 0.29) is 16.4 Å². The average molecular weight is 649 g/mol. The molecule has 12 heteroatoms. The van der Waals surface area contributed by atoms with Crippen LogP contribution in [0.2, 0.25) is 19.6 Å². The first-order valence-corrected chi connectivity index (χ1v) is 18.5. The summed E-state index contributed by atoms with van der Waals surface area (Å²) in [7, 11) is -2.80. The molecule has 2 aromatic rings. The van der Waals surface area contributed by atoms with Crippen molar-refractivity contribution in [2.75, 3.05) is 17.2 Å². The first kappa shape index (κ1) is 36.0. The van der Waals surface area contributed by atoms with E-state index in [0.29, 0.717) is 19.4 Å². The van der Waals surface area contributed by atoms with Gasteiger partial charge in [0.25, 0.3) is 0 Å². The van der Waals surface area contributed by atoms with Crippen molar-refractivity contribution in [2.45, 2.75) is 93.2 Å². The molecule has 246 valence electrons. The Labute approximate surface area is 263 Å². The van der Waals surface area contributed by atoms with E-state index in [1.165, 1.54) is 12.1 Å². The topological polar surface area (TPSA) is 111 Å². The summed E-state index contributed by atoms with van der Waals surface area (Å²) in [5.41, 5.74) is -3.39. The van der Waals surface area contributed by atoms with Crippen molar-refractivity contribution in [1.29, 1.82) is 0 Å². The van der Waals surface area contributed by atoms with Gasteiger partial charge in [0.2, 0.25) is 11.8 Å². The van der Waals surface area contributed by atoms with Gasteiger partial charge in [-0.3, -0.25) is 19.2 Å². The Morgan fingerprint density at radius 2 is 1.49 bits per heavy atom. The maximum absolute atomic E-state index is 16.3. The largest absolute Gasteiger partial charge is 0.461 e. The molecule has 2 amide bonds. The molecule has 2 aromatic carbocycles. The number of benzene rings is 2. The summed E-state index contributed by atoms with van der Waals surface area (Å²) >= 11 is 0. The molecule has 8 nitrogen and oxygen atoms in total. The number of hydrogen-bond donors (Lipinski definition) is 2. The molecule has 0 aliphatic carbocycles. The molecule has 1 fully saturated rings. The van der Waals surface area contributed by atoms with Gasteiger partial charge < -0.3 is 20.1 Å². The van der Waals surface area contributed by atoms with Gasteiger partial charge in [-0.25, -0.2) is 13.2 Å². The van der Waals surface area contributed by atoms with Crippen LogP contribution >= 0.6 is 0 Å². The van der Waals surface area contributed by atoms with E-state index in [1.807, 2.05) is 0 Å². The second-order valence-corrected chi connectivity index (χ2v) is 19.4. The fourth-order valence-corrected chi connectivity index (χ4v) is 6.05. The molecule has 1 atom stereocenters. The second kappa shape index (κ2) is 13.5. The number of carbonyl (C=O) groups excluding carboxylic acids is 4. The van der Waals surface area contributed by atoms with E-state index in [4.69, 9.17) is 9.47 Å². The van der Waals surface area contributed by atoms with Gasteiger partial charge in [-0.15, -0.1) is 0 Å². The summed E-state index contributed by atoms with van der Waals surface area (Å²) in [6.45, 7) is 15.2. The van der Waals surface area contributed by atoms with E-state index in [9.17, 15) is 23.6 Å². The molecule has 1 aliphatic rings. The molecule has 3 rings (SSSR count). The average Bonchev–Trinajstić information content (AvgIpc) is 2.91. The minimum atomic E-state index is -2.80. The predicted molar refractivity (Wildman–Crippen MR) is 169 cm³/mol. The Hall–Kier alpha value is -3.51. The maximum atomic E-state index is 16.3. The molecular formula is C33H43F3N2O6Si. The van der Waals surface area contributed by atoms with Crippen LogP contribution in [0.15, 0.2) is 18.2 Å². The minimum absolute atomic E-state index is 0.153. The molecule has 0 aromatic heterocycles. The third kappa shape index (κ3) is 8.60. The predicted octanol–water partition coefficient (Wildman–Crippen LogP) is 6.98. The van der Waals surface area contributed by atoms with Crippen LogP contribution < -0.4 is 20.6 Å². The lowest BCUT2D eigenvalue weighted by Gasteiger charge is -2.29. The van der Waals surface area contributed by atoms with Crippen LogP contribution in [0.4, 0.5) is 24.5 Å². The molecule has 1 aliphatic heterocycles. The summed E-state index contributed by atoms with van der Waals surface area (Å²) < 4.78 is 59.0. The maximum Gasteiger partial charge on any atom is 0.229 e. The number of carbonyl (C=O) groups is 4. The molecular weight excluding hydrogens is 605 g/mol. The number of rotatable bonds is 9. The van der Waals surface area contributed by atoms with Crippen molar-refractivity contribution >= 4 is 48.0 Å². The summed E-state index contributed by atoms with van der Waals surface area (Å²) in [6.07, 6.45) is -0.00668. The van der Waals surface area contributed by atoms with E-state index in [0.717, 1.165) is 12.5 Å². The molecule has 0 saturated carbocycles. The molecule has 45 heavy (non-hydrogen) atoms. The van der Waals surface area contributed by atoms with E-state index >= 15 is 8.78 Å². The fourth-order valence-electron chi connectivity index (χ4n) is 4.49. The molecule has 1 unspecified atom stereocenters. The van der Waals surface area contributed by atoms with Crippen LogP contribution in [0, 0.1) is 28.3 Å². The van der Waals surface area contributed by atoms with Gasteiger partial charge in [0.05, 0.1) is 38.0 Å². The quantitative estimate of drug-likeness (QED) is 0.173. The van der Waals surface area contributed by atoms with Crippen LogP contribution in [0.25, 0.3) is 0 Å². The van der Waals surface area contributed by atoms with Crippen molar-refractivity contribution in [3.8, 4) is 5.75 Å². The zero-order valence-electron chi connectivity index (χ0n) is 27.4. The van der Waals surface area contributed by atoms with Crippen LogP contribution in [0.3, 0.4) is 0 Å². The van der Waals surface area contributed by atoms with Crippen molar-refractivity contribution in [3.63, 3.8) is 0 Å². The zero-order chi connectivity index (χ0) is 34.1. The van der Waals surface area contributed by atoms with Crippen molar-refractivity contribution < 1.29 is 41.8 Å². The summed E-state index contributed by atoms with van der Waals surface area (Å²) in [5.74, 6) is -6.69. The first-order valence-electron chi connectivity index (χ1n) is 15.0. The summed E-state index contributed by atoms with van der Waals surface area (Å²) in [5, 5.41) is 4.64. The first-order chi connectivity index (χ1) is 20.6. The lowest BCUT2D eigenvalue weighted by molar-refractivity contribution is -0.123. The van der Waals surface area contributed by atoms with Crippen LogP contribution in [0.5, 0.6) is 5.75 Å². The Bertz CT molecular complexity index is 1500. The van der Waals surface area contributed by atoms with Crippen molar-refractivity contribution in [3.05, 3.63) is 46.8 Å². The number of Topliss-reactive ketones (excluding diaryl/α,β-unsaturated/α-hetero) is 2. The lowest BCUT2D eigenvalue weighted by Crippen LogP contribution is -2.44. The number of ether oxygens (including phenoxy) is 2. The SMILES string of the molecule is CC(C)(C)C(=O)Nc1ccc(C(=O)CC(=O)c2c(NC(=O)C(C)(C)C)c(F)c([Si](C)(C)C)c(F)c2OC2CCCCO2)cc1F. The van der Waals surface area contributed by atoms with Gasteiger partial charge in [0.15, 0.2) is 29.4 Å². The van der Waals surface area contributed by atoms with Gasteiger partial charge in [0, 0.05) is 28.0 Å². The summed E-state index contributed by atoms with van der Waals surface area (Å²) in [6, 6.07) is 3.31. The Kier molecular flexibility index (Phi) is 10.8. The molecule has 0 bridgehead atoms. The number of halogens is 3. The van der Waals surface area contributed by atoms with Gasteiger partial charge in [0.1, 0.15) is 11.6 Å². The Morgan fingerprint density at radius 1 is 0.889 bits per heavy atom. The highest BCUT2D eigenvalue weighted by molar-refractivity contribution is 6.89. The van der Waals surface area contributed by atoms with Gasteiger partial charge >= 0.3 is 0 Å². The normalized spacial score (nSPS) is 15.8. The summed E-state index contributed by atoms with van der Waals surface area (Å²) in [4.78, 5) is 52.5. The smallest absolute Gasteiger partial charge is 0.229 e. The van der Waals surface area contributed by atoms with Gasteiger partial charge in [-0.05, 0) is 31.0 Å². The highest BCUT2D eigenvalue weighted by atomic mass is 28.3. The van der Waals surface area contributed by atoms with Gasteiger partial charge in [-0.2, -0.15) is 0 Å². The number of nitrogens with one attached hydrogen (secondary N) is 2. The standard InChI is InChI=1S/C33H43F3N2O6Si/c1-32(2,3)30(41)37-20-14-13-18(16-19(20)34)21(39)17-22(40)24-27(38-31(42)33(4,5)6)25(35)29(45(7,8)9)26(36)28(24)44-23-12-10-11-15-43-23/h13-14,16,23H,10-12,15,17H2,1-9H3,(H,37,41)(H,38,42). The number of hydrogen-bond acceptors (Lipinski definition) is 6. The van der Waals surface area contributed by atoms with Gasteiger partial charge in [-0.1, -0.05) is 61.2 Å². The monoisotopic (exact) mass is 648 g/mol. The van der Waals surface area contributed by atoms with E-state index in [2.05, 4.69) is 10.6 Å². The number of anilines is 2. The van der Waals surface area contributed by atoms with Crippen LogP contribution in [-0.2, 0) is 14.3 Å². The molecule has 0 radical (unpaired) electrons. The van der Waals surface area contributed by atoms with E-state index < -0.39 is 89.4 Å². The van der Waals surface area contributed by atoms with Crippen LogP contribution in [0.1, 0.15) is 87.9 Å². The lowest BCUT2D eigenvalue weighted by atomic mass is 9.94. The highest BCUT2D eigenvalue weighted by Crippen LogP contribution is 2.37. The molecule has 2 N–H and O–H groups in total. The third-order valence-electron chi connectivity index (χ3n) is 7.21. The highest BCUT2D eigenvalue weighted by Gasteiger charge is 2.38. The fraction of sp³-hybridized carbons (Fsp3) is 0.515. The molecule has 0 spiro atoms. The molecule has 1 heterocycles. The third-order valence-corrected chi connectivity index (χ3v) is 9.15. The Morgan fingerprint density at radius 3 is 2.00 bits per heavy atom. The van der Waals surface area contributed by atoms with Crippen molar-refractivity contribution in [1.82, 2.24) is 0 Å².